The summed E-state index contributed by atoms with van der Waals surface area (Å²) in [6, 6.07) is 3.50. The Balaban J connectivity index is 1.70. The van der Waals surface area contributed by atoms with E-state index in [0.29, 0.717) is 16.5 Å². The van der Waals surface area contributed by atoms with Crippen LogP contribution in [-0.4, -0.2) is 53.6 Å². The molecule has 1 aromatic rings. The average molecular weight is 389 g/mol. The summed E-state index contributed by atoms with van der Waals surface area (Å²) < 4.78 is 23.7. The first-order valence-electron chi connectivity index (χ1n) is 8.21. The van der Waals surface area contributed by atoms with Gasteiger partial charge in [-0.15, -0.1) is 0 Å². The van der Waals surface area contributed by atoms with Crippen molar-refractivity contribution in [1.82, 2.24) is 9.88 Å². The van der Waals surface area contributed by atoms with Crippen molar-refractivity contribution in [2.45, 2.75) is 49.2 Å². The normalized spacial score (nSPS) is 23.5. The molecule has 1 atom stereocenters. The highest BCUT2D eigenvalue weighted by Crippen LogP contribution is 2.31. The molecule has 1 amide bonds. The second kappa shape index (κ2) is 7.62. The molecule has 0 spiro atoms. The number of pyridine rings is 1. The van der Waals surface area contributed by atoms with Gasteiger partial charge in [-0.1, -0.05) is 36.2 Å². The Hall–Kier alpha value is -0.790. The number of sulfone groups is 1. The number of thioether (sulfide) groups is 1. The standard InChI is InChI=1S/C16H21ClN2O3S2/c17-14-6-3-8-18-16(14)23-10-15(20)19(12-4-1-2-5-12)13-7-9-24(21,22)11-13/h3,6,8,12-13H,1-2,4-5,7,9-11H2. The number of amides is 1. The minimum Gasteiger partial charge on any atom is -0.335 e. The summed E-state index contributed by atoms with van der Waals surface area (Å²) in [6.45, 7) is 0. The average Bonchev–Trinajstić information content (AvgIpc) is 3.17. The molecule has 2 heterocycles. The third-order valence-corrected chi connectivity index (χ3v) is 7.82. The monoisotopic (exact) mass is 388 g/mol. The first-order valence-corrected chi connectivity index (χ1v) is 11.4. The van der Waals surface area contributed by atoms with Gasteiger partial charge in [-0.2, -0.15) is 0 Å². The van der Waals surface area contributed by atoms with E-state index in [1.807, 2.05) is 4.90 Å². The second-order valence-corrected chi connectivity index (χ2v) is 9.98. The van der Waals surface area contributed by atoms with E-state index >= 15 is 0 Å². The van der Waals surface area contributed by atoms with E-state index in [1.54, 1.807) is 18.3 Å². The molecule has 0 N–H and O–H groups in total. The van der Waals surface area contributed by atoms with E-state index in [-0.39, 0.29) is 35.2 Å². The van der Waals surface area contributed by atoms with Crippen molar-refractivity contribution in [2.24, 2.45) is 0 Å². The molecule has 0 aromatic carbocycles. The molecule has 8 heteroatoms. The molecule has 1 unspecified atom stereocenters. The maximum atomic E-state index is 12.9. The van der Waals surface area contributed by atoms with E-state index in [0.717, 1.165) is 25.7 Å². The number of rotatable bonds is 5. The van der Waals surface area contributed by atoms with Crippen molar-refractivity contribution < 1.29 is 13.2 Å². The van der Waals surface area contributed by atoms with Crippen LogP contribution < -0.4 is 0 Å². The Morgan fingerprint density at radius 2 is 2.04 bits per heavy atom. The molecule has 132 valence electrons. The first-order chi connectivity index (χ1) is 11.5. The van der Waals surface area contributed by atoms with Gasteiger partial charge in [0.1, 0.15) is 5.03 Å². The van der Waals surface area contributed by atoms with E-state index in [4.69, 9.17) is 11.6 Å². The molecule has 0 bridgehead atoms. The van der Waals surface area contributed by atoms with Crippen molar-refractivity contribution in [3.05, 3.63) is 23.4 Å². The lowest BCUT2D eigenvalue weighted by molar-refractivity contribution is -0.132. The number of halogens is 1. The molecule has 0 radical (unpaired) electrons. The minimum absolute atomic E-state index is 0.00396. The Bertz CT molecular complexity index is 705. The van der Waals surface area contributed by atoms with Crippen LogP contribution in [-0.2, 0) is 14.6 Å². The van der Waals surface area contributed by atoms with Gasteiger partial charge in [-0.05, 0) is 31.4 Å². The summed E-state index contributed by atoms with van der Waals surface area (Å²) in [6.07, 6.45) is 6.35. The van der Waals surface area contributed by atoms with Crippen molar-refractivity contribution in [3.8, 4) is 0 Å². The van der Waals surface area contributed by atoms with Crippen LogP contribution in [0.5, 0.6) is 0 Å². The van der Waals surface area contributed by atoms with Gasteiger partial charge in [0.05, 0.1) is 22.3 Å². The zero-order valence-corrected chi connectivity index (χ0v) is 15.7. The van der Waals surface area contributed by atoms with Crippen LogP contribution in [0.2, 0.25) is 5.02 Å². The highest BCUT2D eigenvalue weighted by atomic mass is 35.5. The quantitative estimate of drug-likeness (QED) is 0.725. The topological polar surface area (TPSA) is 67.3 Å². The lowest BCUT2D eigenvalue weighted by Crippen LogP contribution is -2.47. The van der Waals surface area contributed by atoms with Crippen LogP contribution in [0, 0.1) is 0 Å². The number of carbonyl (C=O) groups is 1. The summed E-state index contributed by atoms with van der Waals surface area (Å²) in [5.41, 5.74) is 0. The highest BCUT2D eigenvalue weighted by Gasteiger charge is 2.38. The van der Waals surface area contributed by atoms with Crippen molar-refractivity contribution in [1.29, 1.82) is 0 Å². The maximum absolute atomic E-state index is 12.9. The molecule has 2 fully saturated rings. The summed E-state index contributed by atoms with van der Waals surface area (Å²) >= 11 is 7.41. The maximum Gasteiger partial charge on any atom is 0.233 e. The summed E-state index contributed by atoms with van der Waals surface area (Å²) in [4.78, 5) is 18.9. The SMILES string of the molecule is O=C(CSc1ncccc1Cl)N(C1CCCC1)C1CCS(=O)(=O)C1. The minimum atomic E-state index is -3.01. The van der Waals surface area contributed by atoms with Gasteiger partial charge in [0.2, 0.25) is 5.91 Å². The largest absolute Gasteiger partial charge is 0.335 e. The summed E-state index contributed by atoms with van der Waals surface area (Å²) in [7, 11) is -3.01. The van der Waals surface area contributed by atoms with Crippen molar-refractivity contribution in [2.75, 3.05) is 17.3 Å². The Kier molecular flexibility index (Phi) is 5.72. The molecular weight excluding hydrogens is 368 g/mol. The summed E-state index contributed by atoms with van der Waals surface area (Å²) in [5.74, 6) is 0.525. The smallest absolute Gasteiger partial charge is 0.233 e. The number of hydrogen-bond acceptors (Lipinski definition) is 5. The molecule has 1 saturated carbocycles. The summed E-state index contributed by atoms with van der Waals surface area (Å²) in [5, 5.41) is 1.17. The predicted octanol–water partition coefficient (Wildman–Crippen LogP) is 2.79. The van der Waals surface area contributed by atoms with E-state index in [9.17, 15) is 13.2 Å². The Labute approximate surface area is 152 Å². The Morgan fingerprint density at radius 1 is 1.29 bits per heavy atom. The van der Waals surface area contributed by atoms with E-state index in [1.165, 1.54) is 11.8 Å². The lowest BCUT2D eigenvalue weighted by atomic mass is 10.1. The molecule has 1 aromatic heterocycles. The second-order valence-electron chi connectivity index (χ2n) is 6.38. The lowest BCUT2D eigenvalue weighted by Gasteiger charge is -2.34. The fraction of sp³-hybridized carbons (Fsp3) is 0.625. The molecular formula is C16H21ClN2O3S2. The molecule has 5 nitrogen and oxygen atoms in total. The third kappa shape index (κ3) is 4.24. The molecule has 3 rings (SSSR count). The van der Waals surface area contributed by atoms with Gasteiger partial charge in [-0.25, -0.2) is 13.4 Å². The van der Waals surface area contributed by atoms with Crippen LogP contribution in [0.25, 0.3) is 0 Å². The van der Waals surface area contributed by atoms with Gasteiger partial charge in [-0.3, -0.25) is 4.79 Å². The van der Waals surface area contributed by atoms with Gasteiger partial charge in [0, 0.05) is 18.3 Å². The van der Waals surface area contributed by atoms with Gasteiger partial charge < -0.3 is 4.90 Å². The van der Waals surface area contributed by atoms with Gasteiger partial charge >= 0.3 is 0 Å². The fourth-order valence-corrected chi connectivity index (χ4v) is 6.31. The Morgan fingerprint density at radius 3 is 2.67 bits per heavy atom. The van der Waals surface area contributed by atoms with Gasteiger partial charge in [0.15, 0.2) is 9.84 Å². The van der Waals surface area contributed by atoms with E-state index < -0.39 is 9.84 Å². The van der Waals surface area contributed by atoms with Gasteiger partial charge in [0.25, 0.3) is 0 Å². The van der Waals surface area contributed by atoms with Crippen molar-refractivity contribution >= 4 is 39.1 Å². The number of carbonyl (C=O) groups excluding carboxylic acids is 1. The molecule has 24 heavy (non-hydrogen) atoms. The van der Waals surface area contributed by atoms with E-state index in [2.05, 4.69) is 4.98 Å². The zero-order valence-electron chi connectivity index (χ0n) is 13.4. The van der Waals surface area contributed by atoms with Crippen LogP contribution in [0.4, 0.5) is 0 Å². The number of aromatic nitrogens is 1. The predicted molar refractivity (Wildman–Crippen MR) is 96.1 cm³/mol. The molecule has 2 aliphatic rings. The highest BCUT2D eigenvalue weighted by molar-refractivity contribution is 8.00. The van der Waals surface area contributed by atoms with Crippen LogP contribution in [0.1, 0.15) is 32.1 Å². The van der Waals surface area contributed by atoms with Crippen LogP contribution >= 0.6 is 23.4 Å². The van der Waals surface area contributed by atoms with Crippen molar-refractivity contribution in [3.63, 3.8) is 0 Å². The zero-order chi connectivity index (χ0) is 17.2. The molecule has 1 aliphatic heterocycles. The first kappa shape index (κ1) is 18.0. The molecule has 1 aliphatic carbocycles. The number of hydrogen-bond donors (Lipinski definition) is 0. The fourth-order valence-electron chi connectivity index (χ4n) is 3.56. The molecule has 1 saturated heterocycles. The third-order valence-electron chi connectivity index (χ3n) is 4.66. The number of nitrogens with zero attached hydrogens (tertiary/aromatic N) is 2. The van der Waals surface area contributed by atoms with Crippen LogP contribution in [0.3, 0.4) is 0 Å². The van der Waals surface area contributed by atoms with Crippen LogP contribution in [0.15, 0.2) is 23.4 Å².